The van der Waals surface area contributed by atoms with Gasteiger partial charge in [0.05, 0.1) is 18.3 Å². The van der Waals surface area contributed by atoms with Crippen LogP contribution < -0.4 is 0 Å². The predicted octanol–water partition coefficient (Wildman–Crippen LogP) is 2.46. The molecule has 0 heterocycles. The van der Waals surface area contributed by atoms with Crippen LogP contribution in [-0.4, -0.2) is 39.4 Å². The molecule has 2 rings (SSSR count). The third-order valence-corrected chi connectivity index (χ3v) is 5.76. The molecule has 3 N–H and O–H groups in total. The second-order valence-electron chi connectivity index (χ2n) is 7.42. The van der Waals surface area contributed by atoms with Gasteiger partial charge < -0.3 is 15.3 Å². The fraction of sp³-hybridized carbons (Fsp3) is 0.842. The Bertz CT molecular complexity index is 420. The number of aliphatic hydroxyl groups is 3. The molecule has 0 aromatic rings. The second kappa shape index (κ2) is 8.41. The lowest BCUT2D eigenvalue weighted by Gasteiger charge is -2.50. The lowest BCUT2D eigenvalue weighted by Crippen LogP contribution is -2.54. The van der Waals surface area contributed by atoms with E-state index in [2.05, 4.69) is 6.92 Å². The van der Waals surface area contributed by atoms with E-state index in [-0.39, 0.29) is 29.8 Å². The van der Waals surface area contributed by atoms with Gasteiger partial charge >= 0.3 is 0 Å². The Hall–Kier alpha value is -0.710. The zero-order valence-electron chi connectivity index (χ0n) is 14.4. The van der Waals surface area contributed by atoms with Crippen LogP contribution in [0.15, 0.2) is 12.2 Å². The normalized spacial score (nSPS) is 36.6. The van der Waals surface area contributed by atoms with Crippen molar-refractivity contribution >= 4 is 5.78 Å². The zero-order chi connectivity index (χ0) is 17.0. The van der Waals surface area contributed by atoms with Crippen molar-refractivity contribution in [2.45, 2.75) is 77.1 Å². The highest BCUT2D eigenvalue weighted by Crippen LogP contribution is 2.49. The number of carbonyl (C=O) groups is 1. The van der Waals surface area contributed by atoms with E-state index in [1.807, 2.05) is 13.0 Å². The van der Waals surface area contributed by atoms with Gasteiger partial charge in [0.15, 0.2) is 0 Å². The van der Waals surface area contributed by atoms with E-state index in [0.717, 1.165) is 25.7 Å². The molecule has 0 aromatic heterocycles. The van der Waals surface area contributed by atoms with E-state index in [0.29, 0.717) is 25.0 Å². The van der Waals surface area contributed by atoms with Gasteiger partial charge in [0, 0.05) is 17.8 Å². The van der Waals surface area contributed by atoms with Crippen LogP contribution in [0.5, 0.6) is 0 Å². The van der Waals surface area contributed by atoms with Crippen LogP contribution in [0.2, 0.25) is 0 Å². The SMILES string of the molecule is CCCCC(O)CC[C@H](O)/C=C/[C@H]1[C@@H]2C(C)C(=O)[C@H]2CC[C@@H]1O. The first-order valence-electron chi connectivity index (χ1n) is 9.22. The smallest absolute Gasteiger partial charge is 0.139 e. The van der Waals surface area contributed by atoms with Crippen LogP contribution in [0.1, 0.15) is 58.8 Å². The fourth-order valence-electron chi connectivity index (χ4n) is 4.24. The third kappa shape index (κ3) is 4.43. The molecular formula is C19H32O4. The summed E-state index contributed by atoms with van der Waals surface area (Å²) in [5.74, 6) is 0.666. The molecule has 7 atom stereocenters. The Morgan fingerprint density at radius 1 is 1.22 bits per heavy atom. The van der Waals surface area contributed by atoms with Crippen molar-refractivity contribution < 1.29 is 20.1 Å². The van der Waals surface area contributed by atoms with Crippen LogP contribution in [0, 0.1) is 23.7 Å². The first kappa shape index (κ1) is 18.6. The molecule has 2 aliphatic rings. The average molecular weight is 324 g/mol. The van der Waals surface area contributed by atoms with Crippen molar-refractivity contribution in [2.24, 2.45) is 23.7 Å². The highest BCUT2D eigenvalue weighted by Gasteiger charge is 2.53. The molecule has 4 heteroatoms. The van der Waals surface area contributed by atoms with Gasteiger partial charge in [-0.05, 0) is 38.0 Å². The minimum absolute atomic E-state index is 0.0256. The molecule has 0 aliphatic heterocycles. The van der Waals surface area contributed by atoms with Crippen LogP contribution >= 0.6 is 0 Å². The Morgan fingerprint density at radius 2 is 1.96 bits per heavy atom. The number of aliphatic hydroxyl groups excluding tert-OH is 3. The molecule has 23 heavy (non-hydrogen) atoms. The molecule has 4 nitrogen and oxygen atoms in total. The maximum absolute atomic E-state index is 11.9. The Morgan fingerprint density at radius 3 is 2.65 bits per heavy atom. The molecular weight excluding hydrogens is 292 g/mol. The van der Waals surface area contributed by atoms with Gasteiger partial charge in [0.25, 0.3) is 0 Å². The Labute approximate surface area is 139 Å². The van der Waals surface area contributed by atoms with Crippen LogP contribution in [0.25, 0.3) is 0 Å². The number of hydrogen-bond donors (Lipinski definition) is 3. The number of hydrogen-bond acceptors (Lipinski definition) is 4. The molecule has 0 radical (unpaired) electrons. The van der Waals surface area contributed by atoms with E-state index in [9.17, 15) is 20.1 Å². The number of carbonyl (C=O) groups excluding carboxylic acids is 1. The summed E-state index contributed by atoms with van der Waals surface area (Å²) in [5.41, 5.74) is 0. The van der Waals surface area contributed by atoms with Crippen molar-refractivity contribution in [2.75, 3.05) is 0 Å². The van der Waals surface area contributed by atoms with Crippen molar-refractivity contribution in [1.29, 1.82) is 0 Å². The number of Topliss-reactive ketones (excluding diaryl/α,β-unsaturated/α-hetero) is 1. The van der Waals surface area contributed by atoms with Gasteiger partial charge in [-0.2, -0.15) is 0 Å². The number of rotatable bonds is 8. The summed E-state index contributed by atoms with van der Waals surface area (Å²) < 4.78 is 0. The zero-order valence-corrected chi connectivity index (χ0v) is 14.4. The molecule has 0 bridgehead atoms. The molecule has 2 unspecified atom stereocenters. The largest absolute Gasteiger partial charge is 0.393 e. The standard InChI is InChI=1S/C19H32O4/c1-3-4-5-13(20)6-7-14(21)8-9-15-17(22)11-10-16-18(15)12(2)19(16)23/h8-9,12-18,20-22H,3-7,10-11H2,1-2H3/b9-8+/t12?,13?,14-,15+,16-,17-,18-/m0/s1. The van der Waals surface area contributed by atoms with Crippen molar-refractivity contribution in [3.8, 4) is 0 Å². The average Bonchev–Trinajstić information content (AvgIpc) is 2.55. The summed E-state index contributed by atoms with van der Waals surface area (Å²) in [5, 5.41) is 30.1. The molecule has 0 amide bonds. The van der Waals surface area contributed by atoms with Gasteiger partial charge in [0.2, 0.25) is 0 Å². The number of fused-ring (bicyclic) bond motifs is 1. The van der Waals surface area contributed by atoms with Gasteiger partial charge in [0.1, 0.15) is 5.78 Å². The van der Waals surface area contributed by atoms with Gasteiger partial charge in [-0.25, -0.2) is 0 Å². The van der Waals surface area contributed by atoms with Crippen LogP contribution in [-0.2, 0) is 4.79 Å². The molecule has 2 fully saturated rings. The molecule has 2 aliphatic carbocycles. The minimum atomic E-state index is -0.593. The van der Waals surface area contributed by atoms with Gasteiger partial charge in [-0.1, -0.05) is 38.8 Å². The summed E-state index contributed by atoms with van der Waals surface area (Å²) in [6.07, 6.45) is 7.78. The van der Waals surface area contributed by atoms with E-state index in [4.69, 9.17) is 0 Å². The van der Waals surface area contributed by atoms with Crippen molar-refractivity contribution in [3.05, 3.63) is 12.2 Å². The van der Waals surface area contributed by atoms with Crippen molar-refractivity contribution in [1.82, 2.24) is 0 Å². The maximum Gasteiger partial charge on any atom is 0.139 e. The van der Waals surface area contributed by atoms with E-state index < -0.39 is 12.2 Å². The lowest BCUT2D eigenvalue weighted by atomic mass is 9.53. The topological polar surface area (TPSA) is 77.8 Å². The van der Waals surface area contributed by atoms with E-state index >= 15 is 0 Å². The Kier molecular flexibility index (Phi) is 6.81. The third-order valence-electron chi connectivity index (χ3n) is 5.76. The minimum Gasteiger partial charge on any atom is -0.393 e. The summed E-state index contributed by atoms with van der Waals surface area (Å²) in [6.45, 7) is 4.04. The summed E-state index contributed by atoms with van der Waals surface area (Å²) in [6, 6.07) is 0. The number of ketones is 1. The van der Waals surface area contributed by atoms with Gasteiger partial charge in [-0.15, -0.1) is 0 Å². The summed E-state index contributed by atoms with van der Waals surface area (Å²) in [4.78, 5) is 11.9. The second-order valence-corrected chi connectivity index (χ2v) is 7.42. The highest BCUT2D eigenvalue weighted by molar-refractivity contribution is 5.90. The van der Waals surface area contributed by atoms with Crippen LogP contribution in [0.3, 0.4) is 0 Å². The van der Waals surface area contributed by atoms with Gasteiger partial charge in [-0.3, -0.25) is 4.79 Å². The fourth-order valence-corrected chi connectivity index (χ4v) is 4.24. The summed E-state index contributed by atoms with van der Waals surface area (Å²) >= 11 is 0. The quantitative estimate of drug-likeness (QED) is 0.599. The maximum atomic E-state index is 11.9. The molecule has 0 spiro atoms. The lowest BCUT2D eigenvalue weighted by molar-refractivity contribution is -0.152. The van der Waals surface area contributed by atoms with E-state index in [1.54, 1.807) is 6.08 Å². The van der Waals surface area contributed by atoms with Crippen LogP contribution in [0.4, 0.5) is 0 Å². The highest BCUT2D eigenvalue weighted by atomic mass is 16.3. The molecule has 0 saturated heterocycles. The van der Waals surface area contributed by atoms with E-state index in [1.165, 1.54) is 0 Å². The first-order valence-corrected chi connectivity index (χ1v) is 9.22. The Balaban J connectivity index is 1.82. The monoisotopic (exact) mass is 324 g/mol. The summed E-state index contributed by atoms with van der Waals surface area (Å²) in [7, 11) is 0. The number of unbranched alkanes of at least 4 members (excludes halogenated alkanes) is 1. The molecule has 0 aromatic carbocycles. The van der Waals surface area contributed by atoms with Crippen molar-refractivity contribution in [3.63, 3.8) is 0 Å². The molecule has 132 valence electrons. The first-order chi connectivity index (χ1) is 11.0. The predicted molar refractivity (Wildman–Crippen MR) is 89.8 cm³/mol. The molecule has 2 saturated carbocycles.